The summed E-state index contributed by atoms with van der Waals surface area (Å²) in [5.41, 5.74) is 2.09. The summed E-state index contributed by atoms with van der Waals surface area (Å²) in [6.07, 6.45) is 1.59. The molecule has 0 radical (unpaired) electrons. The molecule has 0 unspecified atom stereocenters. The van der Waals surface area contributed by atoms with Gasteiger partial charge in [0.05, 0.1) is 0 Å². The zero-order valence-electron chi connectivity index (χ0n) is 10.7. The number of nitrogens with zero attached hydrogens (tertiary/aromatic N) is 2. The number of pyridine rings is 1. The van der Waals surface area contributed by atoms with E-state index in [1.54, 1.807) is 12.3 Å². The normalized spacial score (nSPS) is 9.20. The van der Waals surface area contributed by atoms with Crippen molar-refractivity contribution >= 4 is 0 Å². The van der Waals surface area contributed by atoms with Crippen molar-refractivity contribution in [3.63, 3.8) is 0 Å². The van der Waals surface area contributed by atoms with E-state index in [0.717, 1.165) is 16.9 Å². The molecule has 0 aliphatic rings. The average Bonchev–Trinajstić information content (AvgIpc) is 2.52. The lowest BCUT2D eigenvalue weighted by Crippen LogP contribution is -1.96. The molecule has 0 bridgehead atoms. The molecule has 1 N–H and O–H groups in total. The summed E-state index contributed by atoms with van der Waals surface area (Å²) in [5, 5.41) is 17.4. The number of aliphatic hydroxyl groups is 1. The van der Waals surface area contributed by atoms with E-state index in [-0.39, 0.29) is 6.61 Å². The third-order valence-corrected chi connectivity index (χ3v) is 2.51. The molecule has 2 rings (SSSR count). The molecular weight excluding hydrogens is 252 g/mol. The fraction of sp³-hybridized carbons (Fsp3) is 0.125. The first-order chi connectivity index (χ1) is 9.81. The van der Waals surface area contributed by atoms with Crippen molar-refractivity contribution in [1.29, 1.82) is 5.26 Å². The van der Waals surface area contributed by atoms with E-state index < -0.39 is 0 Å². The summed E-state index contributed by atoms with van der Waals surface area (Å²) in [4.78, 5) is 3.90. The molecule has 0 saturated carbocycles. The molecule has 4 nitrogen and oxygen atoms in total. The highest BCUT2D eigenvalue weighted by molar-refractivity contribution is 5.38. The number of benzene rings is 1. The summed E-state index contributed by atoms with van der Waals surface area (Å²) in [5.74, 6) is 6.11. The van der Waals surface area contributed by atoms with Gasteiger partial charge in [-0.05, 0) is 42.0 Å². The van der Waals surface area contributed by atoms with Crippen LogP contribution in [-0.4, -0.2) is 16.7 Å². The van der Waals surface area contributed by atoms with Crippen LogP contribution in [0.15, 0.2) is 42.6 Å². The van der Waals surface area contributed by atoms with E-state index in [0.29, 0.717) is 12.3 Å². The van der Waals surface area contributed by atoms with Crippen molar-refractivity contribution in [3.8, 4) is 23.7 Å². The zero-order chi connectivity index (χ0) is 14.2. The van der Waals surface area contributed by atoms with Crippen LogP contribution >= 0.6 is 0 Å². The highest BCUT2D eigenvalue weighted by atomic mass is 16.5. The van der Waals surface area contributed by atoms with Crippen LogP contribution in [0, 0.1) is 23.2 Å². The first-order valence-electron chi connectivity index (χ1n) is 5.99. The number of hydrogen-bond donors (Lipinski definition) is 1. The molecule has 0 aliphatic heterocycles. The van der Waals surface area contributed by atoms with Crippen molar-refractivity contribution in [2.24, 2.45) is 0 Å². The lowest BCUT2D eigenvalue weighted by Gasteiger charge is -2.06. The van der Waals surface area contributed by atoms with Crippen LogP contribution in [0.3, 0.4) is 0 Å². The molecular formula is C16H12N2O2. The van der Waals surface area contributed by atoms with Gasteiger partial charge >= 0.3 is 0 Å². The van der Waals surface area contributed by atoms with Crippen LogP contribution in [0.25, 0.3) is 0 Å². The Morgan fingerprint density at radius 3 is 2.70 bits per heavy atom. The maximum absolute atomic E-state index is 8.76. The van der Waals surface area contributed by atoms with Crippen molar-refractivity contribution < 1.29 is 9.84 Å². The maximum atomic E-state index is 8.76. The summed E-state index contributed by atoms with van der Waals surface area (Å²) in [7, 11) is 0. The maximum Gasteiger partial charge on any atom is 0.140 e. The number of nitriles is 1. The predicted molar refractivity (Wildman–Crippen MR) is 73.7 cm³/mol. The van der Waals surface area contributed by atoms with Gasteiger partial charge in [-0.3, -0.25) is 0 Å². The van der Waals surface area contributed by atoms with Gasteiger partial charge in [0.25, 0.3) is 0 Å². The fourth-order valence-corrected chi connectivity index (χ4v) is 1.57. The van der Waals surface area contributed by atoms with Gasteiger partial charge in [0.1, 0.15) is 30.7 Å². The number of aliphatic hydroxyl groups excluding tert-OH is 1. The lowest BCUT2D eigenvalue weighted by molar-refractivity contribution is 0.306. The van der Waals surface area contributed by atoms with Gasteiger partial charge in [0.2, 0.25) is 0 Å². The molecule has 98 valence electrons. The number of ether oxygens (including phenoxy) is 1. The van der Waals surface area contributed by atoms with Gasteiger partial charge in [-0.1, -0.05) is 11.8 Å². The van der Waals surface area contributed by atoms with E-state index in [2.05, 4.69) is 16.8 Å². The molecule has 20 heavy (non-hydrogen) atoms. The number of aromatic nitrogens is 1. The summed E-state index contributed by atoms with van der Waals surface area (Å²) < 4.78 is 5.62. The Bertz CT molecular complexity index is 676. The first kappa shape index (κ1) is 13.6. The minimum absolute atomic E-state index is 0.151. The molecule has 0 amide bonds. The van der Waals surface area contributed by atoms with E-state index >= 15 is 0 Å². The third-order valence-electron chi connectivity index (χ3n) is 2.51. The van der Waals surface area contributed by atoms with E-state index in [9.17, 15) is 0 Å². The molecule has 4 heteroatoms. The zero-order valence-corrected chi connectivity index (χ0v) is 10.7. The SMILES string of the molecule is N#Cc1cc(COc2ccc(C#CCO)cc2)ccn1. The minimum Gasteiger partial charge on any atom is -0.489 e. The highest BCUT2D eigenvalue weighted by Crippen LogP contribution is 2.14. The van der Waals surface area contributed by atoms with Crippen molar-refractivity contribution in [2.45, 2.75) is 6.61 Å². The lowest BCUT2D eigenvalue weighted by atomic mass is 10.2. The Morgan fingerprint density at radius 2 is 2.00 bits per heavy atom. The second-order valence-electron chi connectivity index (χ2n) is 3.93. The van der Waals surface area contributed by atoms with Crippen molar-refractivity contribution in [3.05, 3.63) is 59.4 Å². The van der Waals surface area contributed by atoms with Crippen LogP contribution in [0.2, 0.25) is 0 Å². The largest absolute Gasteiger partial charge is 0.489 e. The van der Waals surface area contributed by atoms with Crippen LogP contribution in [0.1, 0.15) is 16.8 Å². The molecule has 0 aliphatic carbocycles. The minimum atomic E-state index is -0.151. The predicted octanol–water partition coefficient (Wildman–Crippen LogP) is 1.88. The Kier molecular flexibility index (Phi) is 4.72. The Labute approximate surface area is 117 Å². The van der Waals surface area contributed by atoms with Crippen LogP contribution in [0.5, 0.6) is 5.75 Å². The monoisotopic (exact) mass is 264 g/mol. The van der Waals surface area contributed by atoms with Crippen LogP contribution in [0.4, 0.5) is 0 Å². The number of hydrogen-bond acceptors (Lipinski definition) is 4. The van der Waals surface area contributed by atoms with Gasteiger partial charge in [0.15, 0.2) is 0 Å². The van der Waals surface area contributed by atoms with Gasteiger partial charge in [-0.2, -0.15) is 5.26 Å². The van der Waals surface area contributed by atoms with E-state index in [1.807, 2.05) is 36.4 Å². The third kappa shape index (κ3) is 3.84. The summed E-state index contributed by atoms with van der Waals surface area (Å²) in [6.45, 7) is 0.223. The molecule has 1 aromatic carbocycles. The van der Waals surface area contributed by atoms with Gasteiger partial charge in [-0.15, -0.1) is 0 Å². The second-order valence-corrected chi connectivity index (χ2v) is 3.93. The van der Waals surface area contributed by atoms with E-state index in [1.165, 1.54) is 0 Å². The topological polar surface area (TPSA) is 66.1 Å². The first-order valence-corrected chi connectivity index (χ1v) is 5.99. The van der Waals surface area contributed by atoms with Crippen molar-refractivity contribution in [2.75, 3.05) is 6.61 Å². The van der Waals surface area contributed by atoms with Crippen LogP contribution < -0.4 is 4.74 Å². The Balaban J connectivity index is 1.98. The molecule has 0 spiro atoms. The van der Waals surface area contributed by atoms with Crippen LogP contribution in [-0.2, 0) is 6.61 Å². The molecule has 0 saturated heterocycles. The standard InChI is InChI=1S/C16H12N2O2/c17-11-15-10-14(7-8-18-15)12-20-16-5-3-13(4-6-16)2-1-9-19/h3-8,10,19H,9,12H2. The van der Waals surface area contributed by atoms with Gasteiger partial charge < -0.3 is 9.84 Å². The second kappa shape index (κ2) is 6.94. The highest BCUT2D eigenvalue weighted by Gasteiger charge is 1.98. The molecule has 2 aromatic rings. The Hall–Kier alpha value is -2.82. The summed E-state index contributed by atoms with van der Waals surface area (Å²) in [6, 6.07) is 12.8. The fourth-order valence-electron chi connectivity index (χ4n) is 1.57. The Morgan fingerprint density at radius 1 is 1.20 bits per heavy atom. The average molecular weight is 264 g/mol. The summed E-state index contributed by atoms with van der Waals surface area (Å²) >= 11 is 0. The van der Waals surface area contributed by atoms with E-state index in [4.69, 9.17) is 15.1 Å². The quantitative estimate of drug-likeness (QED) is 0.859. The molecule has 0 atom stereocenters. The molecule has 1 aromatic heterocycles. The number of rotatable bonds is 3. The molecule has 0 fully saturated rings. The van der Waals surface area contributed by atoms with Gasteiger partial charge in [-0.25, -0.2) is 4.98 Å². The smallest absolute Gasteiger partial charge is 0.140 e. The van der Waals surface area contributed by atoms with Crippen molar-refractivity contribution in [1.82, 2.24) is 4.98 Å². The molecule has 1 heterocycles. The van der Waals surface area contributed by atoms with Gasteiger partial charge in [0, 0.05) is 11.8 Å².